The molecule has 0 spiro atoms. The van der Waals surface area contributed by atoms with Crippen LogP contribution in [0.2, 0.25) is 5.15 Å². The number of hydrogen-bond donors (Lipinski definition) is 1. The summed E-state index contributed by atoms with van der Waals surface area (Å²) in [5.41, 5.74) is 1.49. The average Bonchev–Trinajstić information content (AvgIpc) is 2.41. The number of hydrogen-bond acceptors (Lipinski definition) is 4. The zero-order valence-corrected chi connectivity index (χ0v) is 13.0. The molecule has 20 heavy (non-hydrogen) atoms. The van der Waals surface area contributed by atoms with E-state index in [1.807, 2.05) is 19.2 Å². The van der Waals surface area contributed by atoms with Crippen LogP contribution in [0.15, 0.2) is 29.4 Å². The zero-order valence-electron chi connectivity index (χ0n) is 11.4. The number of rotatable bonds is 4. The largest absolute Gasteiger partial charge is 0.363 e. The minimum atomic E-state index is -0.207. The summed E-state index contributed by atoms with van der Waals surface area (Å²) in [6, 6.07) is 6.77. The van der Waals surface area contributed by atoms with Gasteiger partial charge < -0.3 is 5.32 Å². The van der Waals surface area contributed by atoms with Gasteiger partial charge in [-0.1, -0.05) is 35.5 Å². The number of thioether (sulfide) groups is 1. The lowest BCUT2D eigenvalue weighted by atomic mass is 10.1. The molecule has 0 saturated heterocycles. The van der Waals surface area contributed by atoms with Crippen LogP contribution in [0.4, 0.5) is 10.2 Å². The summed E-state index contributed by atoms with van der Waals surface area (Å²) in [5.74, 6) is 0.421. The fourth-order valence-electron chi connectivity index (χ4n) is 1.75. The molecule has 0 bridgehead atoms. The lowest BCUT2D eigenvalue weighted by molar-refractivity contribution is 0.614. The van der Waals surface area contributed by atoms with E-state index in [1.165, 1.54) is 17.8 Å². The second kappa shape index (κ2) is 6.41. The maximum absolute atomic E-state index is 13.6. The molecule has 1 heterocycles. The second-order valence-corrected chi connectivity index (χ2v) is 5.60. The van der Waals surface area contributed by atoms with Crippen LogP contribution >= 0.6 is 23.4 Å². The SMILES string of the molecule is CSc1nc(Cl)cc(NC(C)c2ccc(C)c(F)c2)n1. The lowest BCUT2D eigenvalue weighted by Gasteiger charge is -2.16. The molecule has 0 aliphatic rings. The number of nitrogens with one attached hydrogen (secondary N) is 1. The van der Waals surface area contributed by atoms with Gasteiger partial charge in [0.1, 0.15) is 16.8 Å². The van der Waals surface area contributed by atoms with E-state index in [0.29, 0.717) is 21.7 Å². The van der Waals surface area contributed by atoms with Crippen LogP contribution < -0.4 is 5.32 Å². The van der Waals surface area contributed by atoms with Crippen LogP contribution in [0.3, 0.4) is 0 Å². The number of nitrogens with zero attached hydrogens (tertiary/aromatic N) is 2. The van der Waals surface area contributed by atoms with E-state index in [-0.39, 0.29) is 11.9 Å². The topological polar surface area (TPSA) is 37.8 Å². The highest BCUT2D eigenvalue weighted by atomic mass is 35.5. The van der Waals surface area contributed by atoms with Gasteiger partial charge in [-0.2, -0.15) is 0 Å². The lowest BCUT2D eigenvalue weighted by Crippen LogP contribution is -2.09. The third-order valence-corrected chi connectivity index (χ3v) is 3.66. The first-order valence-electron chi connectivity index (χ1n) is 6.10. The van der Waals surface area contributed by atoms with Crippen LogP contribution in [-0.2, 0) is 0 Å². The van der Waals surface area contributed by atoms with Crippen molar-refractivity contribution in [2.75, 3.05) is 11.6 Å². The van der Waals surface area contributed by atoms with E-state index in [9.17, 15) is 4.39 Å². The van der Waals surface area contributed by atoms with Gasteiger partial charge in [-0.25, -0.2) is 14.4 Å². The summed E-state index contributed by atoms with van der Waals surface area (Å²) in [6.45, 7) is 3.69. The van der Waals surface area contributed by atoms with Crippen LogP contribution in [0.1, 0.15) is 24.1 Å². The Morgan fingerprint density at radius 1 is 1.30 bits per heavy atom. The highest BCUT2D eigenvalue weighted by molar-refractivity contribution is 7.98. The average molecular weight is 312 g/mol. The molecule has 0 saturated carbocycles. The maximum Gasteiger partial charge on any atom is 0.190 e. The van der Waals surface area contributed by atoms with Gasteiger partial charge in [-0.15, -0.1) is 0 Å². The molecule has 2 rings (SSSR count). The molecular formula is C14H15ClFN3S. The number of anilines is 1. The predicted octanol–water partition coefficient (Wildman–Crippen LogP) is 4.47. The minimum absolute atomic E-state index is 0.0780. The fourth-order valence-corrected chi connectivity index (χ4v) is 2.36. The van der Waals surface area contributed by atoms with Crippen molar-refractivity contribution in [1.82, 2.24) is 9.97 Å². The molecule has 0 aliphatic carbocycles. The summed E-state index contributed by atoms with van der Waals surface area (Å²) < 4.78 is 13.6. The molecule has 2 aromatic rings. The molecule has 1 N–H and O–H groups in total. The highest BCUT2D eigenvalue weighted by Gasteiger charge is 2.10. The second-order valence-electron chi connectivity index (χ2n) is 4.44. The molecule has 0 amide bonds. The van der Waals surface area contributed by atoms with E-state index in [2.05, 4.69) is 15.3 Å². The summed E-state index contributed by atoms with van der Waals surface area (Å²) >= 11 is 7.36. The number of benzene rings is 1. The van der Waals surface area contributed by atoms with E-state index in [0.717, 1.165) is 5.56 Å². The van der Waals surface area contributed by atoms with E-state index in [1.54, 1.807) is 19.1 Å². The smallest absolute Gasteiger partial charge is 0.190 e. The molecule has 0 radical (unpaired) electrons. The van der Waals surface area contributed by atoms with Crippen LogP contribution in [-0.4, -0.2) is 16.2 Å². The Kier molecular flexibility index (Phi) is 4.83. The van der Waals surface area contributed by atoms with Crippen molar-refractivity contribution in [3.8, 4) is 0 Å². The third-order valence-electron chi connectivity index (χ3n) is 2.92. The zero-order chi connectivity index (χ0) is 14.7. The standard InChI is InChI=1S/C14H15ClFN3S/c1-8-4-5-10(6-11(8)16)9(2)17-13-7-12(15)18-14(19-13)20-3/h4-7,9H,1-3H3,(H,17,18,19). The molecule has 3 nitrogen and oxygen atoms in total. The highest BCUT2D eigenvalue weighted by Crippen LogP contribution is 2.23. The van der Waals surface area contributed by atoms with Crippen molar-refractivity contribution >= 4 is 29.2 Å². The predicted molar refractivity (Wildman–Crippen MR) is 82.0 cm³/mol. The van der Waals surface area contributed by atoms with Gasteiger partial charge in [0.05, 0.1) is 6.04 Å². The van der Waals surface area contributed by atoms with Crippen molar-refractivity contribution in [3.63, 3.8) is 0 Å². The number of aromatic nitrogens is 2. The molecule has 1 atom stereocenters. The number of halogens is 2. The Morgan fingerprint density at radius 3 is 2.70 bits per heavy atom. The summed E-state index contributed by atoms with van der Waals surface area (Å²) in [6.07, 6.45) is 1.88. The molecule has 106 valence electrons. The van der Waals surface area contributed by atoms with Crippen molar-refractivity contribution in [1.29, 1.82) is 0 Å². The molecule has 0 aliphatic heterocycles. The first-order valence-corrected chi connectivity index (χ1v) is 7.71. The van der Waals surface area contributed by atoms with E-state index < -0.39 is 0 Å². The van der Waals surface area contributed by atoms with E-state index >= 15 is 0 Å². The summed E-state index contributed by atoms with van der Waals surface area (Å²) in [4.78, 5) is 8.40. The Balaban J connectivity index is 2.20. The first kappa shape index (κ1) is 15.1. The summed E-state index contributed by atoms with van der Waals surface area (Å²) in [5, 5.41) is 4.19. The minimum Gasteiger partial charge on any atom is -0.363 e. The van der Waals surface area contributed by atoms with Crippen LogP contribution in [0.25, 0.3) is 0 Å². The van der Waals surface area contributed by atoms with Crippen molar-refractivity contribution in [3.05, 3.63) is 46.4 Å². The Bertz CT molecular complexity index is 621. The summed E-state index contributed by atoms with van der Waals surface area (Å²) in [7, 11) is 0. The molecule has 1 aromatic carbocycles. The van der Waals surface area contributed by atoms with Gasteiger partial charge >= 0.3 is 0 Å². The van der Waals surface area contributed by atoms with Crippen LogP contribution in [0, 0.1) is 12.7 Å². The quantitative estimate of drug-likeness (QED) is 0.513. The molecular weight excluding hydrogens is 297 g/mol. The van der Waals surface area contributed by atoms with Gasteiger partial charge in [0.2, 0.25) is 0 Å². The van der Waals surface area contributed by atoms with Gasteiger partial charge in [0.15, 0.2) is 5.16 Å². The van der Waals surface area contributed by atoms with Gasteiger partial charge in [-0.3, -0.25) is 0 Å². The molecule has 1 aromatic heterocycles. The molecule has 0 fully saturated rings. The molecule has 6 heteroatoms. The van der Waals surface area contributed by atoms with Crippen molar-refractivity contribution in [2.24, 2.45) is 0 Å². The van der Waals surface area contributed by atoms with Gasteiger partial charge in [0.25, 0.3) is 0 Å². The maximum atomic E-state index is 13.6. The molecule has 1 unspecified atom stereocenters. The monoisotopic (exact) mass is 311 g/mol. The Morgan fingerprint density at radius 2 is 2.05 bits per heavy atom. The Labute approximate surface area is 127 Å². The van der Waals surface area contributed by atoms with Gasteiger partial charge in [-0.05, 0) is 37.3 Å². The Hall–Kier alpha value is -1.33. The van der Waals surface area contributed by atoms with Gasteiger partial charge in [0, 0.05) is 6.07 Å². The van der Waals surface area contributed by atoms with E-state index in [4.69, 9.17) is 11.6 Å². The normalized spacial score (nSPS) is 12.2. The third kappa shape index (κ3) is 3.61. The van der Waals surface area contributed by atoms with Crippen LogP contribution in [0.5, 0.6) is 0 Å². The van der Waals surface area contributed by atoms with Crippen molar-refractivity contribution < 1.29 is 4.39 Å². The number of aryl methyl sites for hydroxylation is 1. The van der Waals surface area contributed by atoms with Crippen molar-refractivity contribution in [2.45, 2.75) is 25.0 Å². The first-order chi connectivity index (χ1) is 9.49. The fraction of sp³-hybridized carbons (Fsp3) is 0.286.